The lowest BCUT2D eigenvalue weighted by Crippen LogP contribution is -2.42. The highest BCUT2D eigenvalue weighted by Crippen LogP contribution is 2.21. The molecule has 0 saturated carbocycles. The van der Waals surface area contributed by atoms with Gasteiger partial charge >= 0.3 is 5.97 Å². The molecular weight excluding hydrogens is 220 g/mol. The first-order valence-corrected chi connectivity index (χ1v) is 5.41. The van der Waals surface area contributed by atoms with Gasteiger partial charge in [0.05, 0.1) is 6.61 Å². The molecule has 2 aliphatic rings. The number of fused-ring (bicyclic) bond motifs is 1. The molecule has 2 heterocycles. The Balaban J connectivity index is 2.28. The Kier molecular flexibility index (Phi) is 3.10. The van der Waals surface area contributed by atoms with Gasteiger partial charge in [-0.15, -0.1) is 0 Å². The molecule has 0 amide bonds. The number of hydrogen-bond acceptors (Lipinski definition) is 5. The summed E-state index contributed by atoms with van der Waals surface area (Å²) in [5, 5.41) is 10.0. The summed E-state index contributed by atoms with van der Waals surface area (Å²) in [7, 11) is 0. The Labute approximate surface area is 99.4 Å². The summed E-state index contributed by atoms with van der Waals surface area (Å²) in [5.41, 5.74) is 1.19. The second-order valence-electron chi connectivity index (χ2n) is 3.78. The molecule has 0 unspecified atom stereocenters. The fraction of sp³-hybridized carbons (Fsp3) is 0.333. The van der Waals surface area contributed by atoms with E-state index in [2.05, 4.69) is 4.99 Å². The number of ether oxygens (including phenoxy) is 1. The smallest absolute Gasteiger partial charge is 0.340 e. The molecule has 5 heteroatoms. The van der Waals surface area contributed by atoms with Gasteiger partial charge in [0.2, 0.25) is 0 Å². The van der Waals surface area contributed by atoms with Crippen LogP contribution in [0.2, 0.25) is 0 Å². The Hall–Kier alpha value is -1.88. The summed E-state index contributed by atoms with van der Waals surface area (Å²) in [6.45, 7) is 3.93. The lowest BCUT2D eigenvalue weighted by molar-refractivity contribution is -0.140. The van der Waals surface area contributed by atoms with Gasteiger partial charge in [-0.3, -0.25) is 0 Å². The Bertz CT molecular complexity index is 460. The minimum atomic E-state index is -1.04. The van der Waals surface area contributed by atoms with Crippen molar-refractivity contribution in [3.63, 3.8) is 0 Å². The number of carbonyl (C=O) groups excluding carboxylic acids is 1. The van der Waals surface area contributed by atoms with Crippen LogP contribution in [0, 0.1) is 0 Å². The van der Waals surface area contributed by atoms with Crippen molar-refractivity contribution in [2.24, 2.45) is 4.99 Å². The lowest BCUT2D eigenvalue weighted by Gasteiger charge is -2.31. The normalized spacial score (nSPS) is 22.4. The molecule has 1 N–H and O–H groups in total. The first-order chi connectivity index (χ1) is 8.13. The maximum absolute atomic E-state index is 11.6. The predicted molar refractivity (Wildman–Crippen MR) is 62.9 cm³/mol. The van der Waals surface area contributed by atoms with Gasteiger partial charge in [0.15, 0.2) is 6.23 Å². The quantitative estimate of drug-likeness (QED) is 0.722. The van der Waals surface area contributed by atoms with Crippen molar-refractivity contribution in [3.05, 3.63) is 35.7 Å². The van der Waals surface area contributed by atoms with Crippen LogP contribution >= 0.6 is 0 Å². The Morgan fingerprint density at radius 2 is 2.41 bits per heavy atom. The predicted octanol–water partition coefficient (Wildman–Crippen LogP) is 0.940. The van der Waals surface area contributed by atoms with Gasteiger partial charge in [-0.2, -0.15) is 0 Å². The molecule has 17 heavy (non-hydrogen) atoms. The summed E-state index contributed by atoms with van der Waals surface area (Å²) in [6.07, 6.45) is 5.70. The maximum atomic E-state index is 11.6. The molecular formula is C12H14N2O3. The number of rotatable bonds is 2. The molecule has 0 saturated heterocycles. The zero-order valence-electron chi connectivity index (χ0n) is 9.75. The molecule has 5 nitrogen and oxygen atoms in total. The van der Waals surface area contributed by atoms with Crippen LogP contribution in [-0.2, 0) is 9.53 Å². The number of nitrogens with zero attached hydrogens (tertiary/aromatic N) is 2. The van der Waals surface area contributed by atoms with Crippen LogP contribution in [0.4, 0.5) is 0 Å². The van der Waals surface area contributed by atoms with E-state index in [9.17, 15) is 9.90 Å². The first-order valence-electron chi connectivity index (χ1n) is 5.41. The van der Waals surface area contributed by atoms with E-state index < -0.39 is 12.2 Å². The SMILES string of the molecule is CCOC(=O)C1=CN=C2C=C(C)C=CN2[C@@H]1O. The average Bonchev–Trinajstić information content (AvgIpc) is 2.29. The number of carbonyl (C=O) groups is 1. The summed E-state index contributed by atoms with van der Waals surface area (Å²) in [4.78, 5) is 17.2. The van der Waals surface area contributed by atoms with Crippen molar-refractivity contribution < 1.29 is 14.6 Å². The van der Waals surface area contributed by atoms with Crippen molar-refractivity contribution in [1.82, 2.24) is 4.90 Å². The summed E-state index contributed by atoms with van der Waals surface area (Å²) < 4.78 is 4.85. The zero-order chi connectivity index (χ0) is 12.4. The van der Waals surface area contributed by atoms with Crippen LogP contribution in [0.3, 0.4) is 0 Å². The third-order valence-corrected chi connectivity index (χ3v) is 2.51. The molecule has 0 radical (unpaired) electrons. The third-order valence-electron chi connectivity index (χ3n) is 2.51. The molecule has 90 valence electrons. The standard InChI is InChI=1S/C12H14N2O3/c1-3-17-12(16)9-7-13-10-6-8(2)4-5-14(10)11(9)15/h4-7,11,15H,3H2,1-2H3/t11-/m1/s1. The van der Waals surface area contributed by atoms with Crippen LogP contribution in [0.5, 0.6) is 0 Å². The van der Waals surface area contributed by atoms with Gasteiger partial charge in [0.1, 0.15) is 11.4 Å². The van der Waals surface area contributed by atoms with Crippen LogP contribution in [0.1, 0.15) is 13.8 Å². The highest BCUT2D eigenvalue weighted by atomic mass is 16.5. The number of aliphatic hydroxyl groups excluding tert-OH is 1. The summed E-state index contributed by atoms with van der Waals surface area (Å²) in [6, 6.07) is 0. The van der Waals surface area contributed by atoms with Crippen LogP contribution in [0.25, 0.3) is 0 Å². The summed E-state index contributed by atoms with van der Waals surface area (Å²) in [5.74, 6) is 0.0769. The Morgan fingerprint density at radius 3 is 3.12 bits per heavy atom. The van der Waals surface area contributed by atoms with Crippen molar-refractivity contribution in [1.29, 1.82) is 0 Å². The fourth-order valence-electron chi connectivity index (χ4n) is 1.64. The average molecular weight is 234 g/mol. The largest absolute Gasteiger partial charge is 0.462 e. The maximum Gasteiger partial charge on any atom is 0.340 e. The zero-order valence-corrected chi connectivity index (χ0v) is 9.75. The molecule has 0 aromatic heterocycles. The van der Waals surface area contributed by atoms with E-state index in [-0.39, 0.29) is 12.2 Å². The third kappa shape index (κ3) is 2.14. The molecule has 1 atom stereocenters. The lowest BCUT2D eigenvalue weighted by atomic mass is 10.1. The number of amidine groups is 1. The van der Waals surface area contributed by atoms with Crippen molar-refractivity contribution >= 4 is 11.8 Å². The molecule has 0 aliphatic carbocycles. The highest BCUT2D eigenvalue weighted by Gasteiger charge is 2.30. The van der Waals surface area contributed by atoms with Crippen molar-refractivity contribution in [3.8, 4) is 0 Å². The van der Waals surface area contributed by atoms with Gasteiger partial charge < -0.3 is 14.7 Å². The molecule has 2 aliphatic heterocycles. The van der Waals surface area contributed by atoms with Gasteiger partial charge in [0.25, 0.3) is 0 Å². The minimum absolute atomic E-state index is 0.146. The van der Waals surface area contributed by atoms with Crippen LogP contribution in [-0.4, -0.2) is 34.6 Å². The van der Waals surface area contributed by atoms with E-state index in [1.165, 1.54) is 11.1 Å². The van der Waals surface area contributed by atoms with E-state index in [0.29, 0.717) is 5.84 Å². The molecule has 0 fully saturated rings. The number of allylic oxidation sites excluding steroid dienone is 2. The van der Waals surface area contributed by atoms with Crippen LogP contribution in [0.15, 0.2) is 40.7 Å². The number of esters is 1. The van der Waals surface area contributed by atoms with Crippen molar-refractivity contribution in [2.75, 3.05) is 6.61 Å². The molecule has 0 aromatic carbocycles. The number of hydrogen-bond donors (Lipinski definition) is 1. The monoisotopic (exact) mass is 234 g/mol. The molecule has 0 spiro atoms. The van der Waals surface area contributed by atoms with Gasteiger partial charge in [0, 0.05) is 12.4 Å². The number of aliphatic imine (C=N–C) groups is 1. The molecule has 0 aromatic rings. The second-order valence-corrected chi connectivity index (χ2v) is 3.78. The van der Waals surface area contributed by atoms with E-state index in [4.69, 9.17) is 4.74 Å². The first kappa shape index (κ1) is 11.6. The Morgan fingerprint density at radius 1 is 1.65 bits per heavy atom. The van der Waals surface area contributed by atoms with E-state index >= 15 is 0 Å². The fourth-order valence-corrected chi connectivity index (χ4v) is 1.64. The van der Waals surface area contributed by atoms with Gasteiger partial charge in [-0.05, 0) is 31.6 Å². The molecule has 2 rings (SSSR count). The topological polar surface area (TPSA) is 62.1 Å². The second kappa shape index (κ2) is 4.55. The molecule has 0 bridgehead atoms. The number of aliphatic hydroxyl groups is 1. The van der Waals surface area contributed by atoms with Gasteiger partial charge in [-0.1, -0.05) is 0 Å². The van der Waals surface area contributed by atoms with Crippen molar-refractivity contribution in [2.45, 2.75) is 20.1 Å². The highest BCUT2D eigenvalue weighted by molar-refractivity contribution is 6.00. The minimum Gasteiger partial charge on any atom is -0.462 e. The van der Waals surface area contributed by atoms with E-state index in [1.807, 2.05) is 19.1 Å². The van der Waals surface area contributed by atoms with E-state index in [0.717, 1.165) is 5.57 Å². The van der Waals surface area contributed by atoms with Crippen LogP contribution < -0.4 is 0 Å². The summed E-state index contributed by atoms with van der Waals surface area (Å²) >= 11 is 0. The van der Waals surface area contributed by atoms with Gasteiger partial charge in [-0.25, -0.2) is 9.79 Å². The van der Waals surface area contributed by atoms with E-state index in [1.54, 1.807) is 13.1 Å².